The predicted octanol–water partition coefficient (Wildman–Crippen LogP) is 2.15. The fourth-order valence-corrected chi connectivity index (χ4v) is 1.18. The molecule has 0 spiro atoms. The molecule has 5 heteroatoms. The van der Waals surface area contributed by atoms with Crippen LogP contribution in [0.2, 0.25) is 0 Å². The summed E-state index contributed by atoms with van der Waals surface area (Å²) in [6.07, 6.45) is 1.36. The number of nitrogen functional groups attached to an aromatic ring is 2. The molecule has 1 rings (SSSR count). The summed E-state index contributed by atoms with van der Waals surface area (Å²) in [4.78, 5) is 15.7. The first kappa shape index (κ1) is 15.2. The molecule has 0 unspecified atom stereocenters. The van der Waals surface area contributed by atoms with Crippen LogP contribution in [0.3, 0.4) is 0 Å². The Hall–Kier alpha value is -1.78. The normalized spacial score (nSPS) is 10.6. The topological polar surface area (TPSA) is 91.2 Å². The lowest BCUT2D eigenvalue weighted by atomic mass is 10.1. The van der Waals surface area contributed by atoms with Crippen molar-refractivity contribution in [2.45, 2.75) is 40.7 Å². The molecule has 0 atom stereocenters. The highest BCUT2D eigenvalue weighted by atomic mass is 16.6. The first-order chi connectivity index (χ1) is 7.22. The van der Waals surface area contributed by atoms with Crippen molar-refractivity contribution < 1.29 is 9.53 Å². The van der Waals surface area contributed by atoms with Gasteiger partial charge in [0.15, 0.2) is 5.69 Å². The molecule has 0 saturated heterocycles. The van der Waals surface area contributed by atoms with Gasteiger partial charge in [0, 0.05) is 5.56 Å². The lowest BCUT2D eigenvalue weighted by Crippen LogP contribution is -2.25. The van der Waals surface area contributed by atoms with Gasteiger partial charge in [-0.3, -0.25) is 0 Å². The van der Waals surface area contributed by atoms with Gasteiger partial charge in [-0.15, -0.1) is 0 Å². The maximum Gasteiger partial charge on any atom is 0.357 e. The number of pyridine rings is 1. The van der Waals surface area contributed by atoms with E-state index in [-0.39, 0.29) is 13.1 Å². The molecule has 0 aliphatic carbocycles. The molecule has 0 radical (unpaired) electrons. The number of nitrogens with zero attached hydrogens (tertiary/aromatic N) is 1. The van der Waals surface area contributed by atoms with Crippen LogP contribution in [0.25, 0.3) is 0 Å². The maximum atomic E-state index is 11.8. The summed E-state index contributed by atoms with van der Waals surface area (Å²) < 4.78 is 5.20. The largest absolute Gasteiger partial charge is 0.455 e. The average molecular weight is 239 g/mol. The zero-order chi connectivity index (χ0) is 12.5. The third-order valence-electron chi connectivity index (χ3n) is 2.00. The van der Waals surface area contributed by atoms with Crippen molar-refractivity contribution >= 4 is 17.3 Å². The molecule has 0 aromatic carbocycles. The number of nitrogens with two attached hydrogens (primary N) is 2. The van der Waals surface area contributed by atoms with Crippen molar-refractivity contribution in [2.24, 2.45) is 0 Å². The highest BCUT2D eigenvalue weighted by Crippen LogP contribution is 2.22. The number of esters is 1. The molecule has 1 aromatic rings. The smallest absolute Gasteiger partial charge is 0.357 e. The molecular weight excluding hydrogens is 218 g/mol. The Kier molecular flexibility index (Phi) is 4.51. The molecule has 1 heterocycles. The highest BCUT2D eigenvalue weighted by Gasteiger charge is 2.21. The zero-order valence-corrected chi connectivity index (χ0v) is 10.00. The number of ether oxygens (including phenoxy) is 1. The first-order valence-electron chi connectivity index (χ1n) is 4.96. The average Bonchev–Trinajstić information content (AvgIpc) is 2.11. The SMILES string of the molecule is C.Cc1c(C(=O)OC(C)(C)C)ncc(N)c1N. The number of hydrogen-bond donors (Lipinski definition) is 2. The zero-order valence-electron chi connectivity index (χ0n) is 10.00. The van der Waals surface area contributed by atoms with Crippen molar-refractivity contribution in [1.29, 1.82) is 0 Å². The van der Waals surface area contributed by atoms with E-state index in [2.05, 4.69) is 4.98 Å². The Morgan fingerprint density at radius 2 is 1.88 bits per heavy atom. The quantitative estimate of drug-likeness (QED) is 0.733. The molecule has 0 saturated carbocycles. The number of carbonyl (C=O) groups is 1. The van der Waals surface area contributed by atoms with Crippen LogP contribution in [-0.4, -0.2) is 16.6 Å². The summed E-state index contributed by atoms with van der Waals surface area (Å²) in [5, 5.41) is 0. The van der Waals surface area contributed by atoms with Gasteiger partial charge >= 0.3 is 5.97 Å². The van der Waals surface area contributed by atoms with E-state index < -0.39 is 11.6 Å². The Labute approximate surface area is 102 Å². The number of carbonyl (C=O) groups excluding carboxylic acids is 1. The van der Waals surface area contributed by atoms with E-state index in [4.69, 9.17) is 16.2 Å². The van der Waals surface area contributed by atoms with Crippen LogP contribution in [-0.2, 0) is 4.74 Å². The minimum absolute atomic E-state index is 0. The monoisotopic (exact) mass is 239 g/mol. The first-order valence-corrected chi connectivity index (χ1v) is 4.96. The fraction of sp³-hybridized carbons (Fsp3) is 0.500. The summed E-state index contributed by atoms with van der Waals surface area (Å²) in [5.74, 6) is -0.489. The molecule has 1 aromatic heterocycles. The molecule has 5 nitrogen and oxygen atoms in total. The minimum Gasteiger partial charge on any atom is -0.455 e. The maximum absolute atomic E-state index is 11.8. The molecule has 0 fully saturated rings. The van der Waals surface area contributed by atoms with Gasteiger partial charge in [0.25, 0.3) is 0 Å². The molecule has 0 aliphatic rings. The van der Waals surface area contributed by atoms with Crippen LogP contribution in [0.15, 0.2) is 6.20 Å². The van der Waals surface area contributed by atoms with Crippen molar-refractivity contribution in [3.8, 4) is 0 Å². The molecule has 17 heavy (non-hydrogen) atoms. The standard InChI is InChI=1S/C11H17N3O2.CH4/c1-6-8(13)7(12)5-14-9(6)10(15)16-11(2,3)4;/h5H,12H2,1-4H3,(H2,13,14);1H4. The van der Waals surface area contributed by atoms with Gasteiger partial charge in [0.2, 0.25) is 0 Å². The van der Waals surface area contributed by atoms with Crippen LogP contribution < -0.4 is 11.5 Å². The van der Waals surface area contributed by atoms with Crippen LogP contribution in [0, 0.1) is 6.92 Å². The van der Waals surface area contributed by atoms with Crippen LogP contribution in [0.1, 0.15) is 44.2 Å². The number of anilines is 2. The van der Waals surface area contributed by atoms with Gasteiger partial charge < -0.3 is 16.2 Å². The van der Waals surface area contributed by atoms with Crippen LogP contribution >= 0.6 is 0 Å². The van der Waals surface area contributed by atoms with Crippen LogP contribution in [0.5, 0.6) is 0 Å². The van der Waals surface area contributed by atoms with E-state index >= 15 is 0 Å². The second kappa shape index (κ2) is 5.03. The Balaban J connectivity index is 0.00000256. The van der Waals surface area contributed by atoms with E-state index in [0.717, 1.165) is 0 Å². The van der Waals surface area contributed by atoms with Gasteiger partial charge in [-0.05, 0) is 27.7 Å². The predicted molar refractivity (Wildman–Crippen MR) is 69.7 cm³/mol. The lowest BCUT2D eigenvalue weighted by Gasteiger charge is -2.20. The molecule has 0 amide bonds. The van der Waals surface area contributed by atoms with Gasteiger partial charge in [-0.2, -0.15) is 0 Å². The van der Waals surface area contributed by atoms with E-state index in [9.17, 15) is 4.79 Å². The summed E-state index contributed by atoms with van der Waals surface area (Å²) in [7, 11) is 0. The second-order valence-electron chi connectivity index (χ2n) is 4.60. The van der Waals surface area contributed by atoms with E-state index in [0.29, 0.717) is 16.9 Å². The van der Waals surface area contributed by atoms with Gasteiger partial charge in [-0.25, -0.2) is 9.78 Å². The fourth-order valence-electron chi connectivity index (χ4n) is 1.18. The van der Waals surface area contributed by atoms with Gasteiger partial charge in [0.1, 0.15) is 5.60 Å². The Morgan fingerprint density at radius 3 is 2.35 bits per heavy atom. The second-order valence-corrected chi connectivity index (χ2v) is 4.60. The molecule has 96 valence electrons. The van der Waals surface area contributed by atoms with Crippen LogP contribution in [0.4, 0.5) is 11.4 Å². The van der Waals surface area contributed by atoms with E-state index in [1.807, 2.05) is 0 Å². The Morgan fingerprint density at radius 1 is 1.35 bits per heavy atom. The minimum atomic E-state index is -0.554. The van der Waals surface area contributed by atoms with Gasteiger partial charge in [0.05, 0.1) is 17.6 Å². The van der Waals surface area contributed by atoms with Crippen molar-refractivity contribution in [3.63, 3.8) is 0 Å². The number of aromatic nitrogens is 1. The molecule has 0 bridgehead atoms. The summed E-state index contributed by atoms with van der Waals surface area (Å²) in [6, 6.07) is 0. The highest BCUT2D eigenvalue weighted by molar-refractivity contribution is 5.92. The van der Waals surface area contributed by atoms with Gasteiger partial charge in [-0.1, -0.05) is 7.43 Å². The lowest BCUT2D eigenvalue weighted by molar-refractivity contribution is 0.00621. The molecule has 0 aliphatic heterocycles. The van der Waals surface area contributed by atoms with Crippen molar-refractivity contribution in [2.75, 3.05) is 11.5 Å². The molecular formula is C12H21N3O2. The summed E-state index contributed by atoms with van der Waals surface area (Å²) in [6.45, 7) is 7.07. The van der Waals surface area contributed by atoms with E-state index in [1.54, 1.807) is 27.7 Å². The summed E-state index contributed by atoms with van der Waals surface area (Å²) in [5.41, 5.74) is 12.2. The van der Waals surface area contributed by atoms with E-state index in [1.165, 1.54) is 6.20 Å². The summed E-state index contributed by atoms with van der Waals surface area (Å²) >= 11 is 0. The number of hydrogen-bond acceptors (Lipinski definition) is 5. The third kappa shape index (κ3) is 3.62. The third-order valence-corrected chi connectivity index (χ3v) is 2.00. The van der Waals surface area contributed by atoms with Crippen molar-refractivity contribution in [1.82, 2.24) is 4.98 Å². The Bertz CT molecular complexity index is 422. The molecule has 4 N–H and O–H groups in total. The number of rotatable bonds is 1. The van der Waals surface area contributed by atoms with Crippen molar-refractivity contribution in [3.05, 3.63) is 17.5 Å².